The van der Waals surface area contributed by atoms with Crippen molar-refractivity contribution in [1.29, 1.82) is 0 Å². The number of nitrogens with two attached hydrogens (primary N) is 1. The number of ketones is 1. The summed E-state index contributed by atoms with van der Waals surface area (Å²) in [4.78, 5) is 12.6. The molecule has 20 heavy (non-hydrogen) atoms. The lowest BCUT2D eigenvalue weighted by molar-refractivity contribution is -0.111. The van der Waals surface area contributed by atoms with Crippen LogP contribution in [-0.4, -0.2) is 18.0 Å². The molecule has 0 amide bonds. The number of Topliss-reactive ketones (excluding diaryl/α,β-unsaturated/α-hetero) is 1. The summed E-state index contributed by atoms with van der Waals surface area (Å²) in [5.41, 5.74) is 5.49. The van der Waals surface area contributed by atoms with Crippen LogP contribution in [0.1, 0.15) is 61.3 Å². The van der Waals surface area contributed by atoms with E-state index in [2.05, 4.69) is 0 Å². The van der Waals surface area contributed by atoms with Gasteiger partial charge in [0.2, 0.25) is 5.78 Å². The van der Waals surface area contributed by atoms with Crippen LogP contribution in [0.5, 0.6) is 0 Å². The van der Waals surface area contributed by atoms with Crippen molar-refractivity contribution < 1.29 is 13.9 Å². The number of carbonyl (C=O) groups excluding carboxylic acids is 1. The fraction of sp³-hybridized carbons (Fsp3) is 0.688. The van der Waals surface area contributed by atoms with E-state index in [0.29, 0.717) is 24.7 Å². The zero-order chi connectivity index (χ0) is 14.0. The molecule has 1 aliphatic carbocycles. The first-order chi connectivity index (χ1) is 9.72. The average Bonchev–Trinajstić information content (AvgIpc) is 2.96. The smallest absolute Gasteiger partial charge is 0.201 e. The minimum atomic E-state index is -0.0416. The highest BCUT2D eigenvalue weighted by Gasteiger charge is 2.41. The molecule has 1 aromatic rings. The third kappa shape index (κ3) is 2.67. The Morgan fingerprint density at radius 2 is 2.10 bits per heavy atom. The third-order valence-electron chi connectivity index (χ3n) is 4.73. The Morgan fingerprint density at radius 1 is 1.30 bits per heavy atom. The molecule has 4 nitrogen and oxygen atoms in total. The highest BCUT2D eigenvalue weighted by molar-refractivity contribution is 5.95. The second-order valence-electron chi connectivity index (χ2n) is 6.12. The van der Waals surface area contributed by atoms with E-state index >= 15 is 0 Å². The molecule has 0 bridgehead atoms. The maximum atomic E-state index is 12.6. The lowest BCUT2D eigenvalue weighted by Crippen LogP contribution is -2.43. The Morgan fingerprint density at radius 3 is 2.80 bits per heavy atom. The average molecular weight is 277 g/mol. The molecule has 110 valence electrons. The molecular formula is C16H23NO3. The fourth-order valence-electron chi connectivity index (χ4n) is 3.62. The van der Waals surface area contributed by atoms with Crippen LogP contribution in [-0.2, 0) is 11.3 Å². The Labute approximate surface area is 119 Å². The standard InChI is InChI=1S/C16H23NO3/c17-11-13-4-5-14(20-13)15(18)12-6-9-19-16(10-12)7-2-1-3-8-16/h4-5,12H,1-3,6-11,17H2. The molecule has 0 radical (unpaired) electrons. The maximum Gasteiger partial charge on any atom is 0.201 e. The van der Waals surface area contributed by atoms with Crippen molar-refractivity contribution in [1.82, 2.24) is 0 Å². The predicted molar refractivity (Wildman–Crippen MR) is 75.4 cm³/mol. The summed E-state index contributed by atoms with van der Waals surface area (Å²) in [6.07, 6.45) is 7.59. The van der Waals surface area contributed by atoms with Crippen molar-refractivity contribution in [3.8, 4) is 0 Å². The summed E-state index contributed by atoms with van der Waals surface area (Å²) in [6, 6.07) is 3.55. The van der Waals surface area contributed by atoms with Gasteiger partial charge in [0.1, 0.15) is 5.76 Å². The lowest BCUT2D eigenvalue weighted by atomic mass is 9.75. The molecule has 1 atom stereocenters. The topological polar surface area (TPSA) is 65.5 Å². The minimum Gasteiger partial charge on any atom is -0.457 e. The molecule has 2 N–H and O–H groups in total. The maximum absolute atomic E-state index is 12.6. The number of carbonyl (C=O) groups is 1. The van der Waals surface area contributed by atoms with E-state index in [1.54, 1.807) is 12.1 Å². The number of rotatable bonds is 3. The van der Waals surface area contributed by atoms with Gasteiger partial charge in [0.15, 0.2) is 5.76 Å². The van der Waals surface area contributed by atoms with Crippen molar-refractivity contribution in [3.05, 3.63) is 23.7 Å². The van der Waals surface area contributed by atoms with Crippen molar-refractivity contribution in [2.45, 2.75) is 57.1 Å². The molecule has 2 aliphatic rings. The van der Waals surface area contributed by atoms with Crippen LogP contribution >= 0.6 is 0 Å². The second kappa shape index (κ2) is 5.70. The SMILES string of the molecule is NCc1ccc(C(=O)C2CCOC3(CCCCC3)C2)o1. The van der Waals surface area contributed by atoms with Gasteiger partial charge in [0, 0.05) is 12.5 Å². The van der Waals surface area contributed by atoms with E-state index in [0.717, 1.165) is 25.7 Å². The van der Waals surface area contributed by atoms with E-state index < -0.39 is 0 Å². The van der Waals surface area contributed by atoms with Gasteiger partial charge in [-0.2, -0.15) is 0 Å². The first kappa shape index (κ1) is 13.8. The quantitative estimate of drug-likeness (QED) is 0.862. The fourth-order valence-corrected chi connectivity index (χ4v) is 3.62. The van der Waals surface area contributed by atoms with Gasteiger partial charge in [-0.15, -0.1) is 0 Å². The molecule has 2 heterocycles. The van der Waals surface area contributed by atoms with E-state index in [9.17, 15) is 4.79 Å². The van der Waals surface area contributed by atoms with E-state index in [1.165, 1.54) is 19.3 Å². The minimum absolute atomic E-state index is 0.0404. The molecule has 1 spiro atoms. The number of furan rings is 1. The Balaban J connectivity index is 1.71. The predicted octanol–water partition coefficient (Wildman–Crippen LogP) is 3.05. The summed E-state index contributed by atoms with van der Waals surface area (Å²) in [5, 5.41) is 0. The molecule has 2 fully saturated rings. The summed E-state index contributed by atoms with van der Waals surface area (Å²) in [5.74, 6) is 1.30. The molecule has 1 aliphatic heterocycles. The first-order valence-corrected chi connectivity index (χ1v) is 7.69. The van der Waals surface area contributed by atoms with E-state index in [4.69, 9.17) is 14.9 Å². The van der Waals surface area contributed by atoms with Gasteiger partial charge >= 0.3 is 0 Å². The Hall–Kier alpha value is -1.13. The second-order valence-corrected chi connectivity index (χ2v) is 6.12. The zero-order valence-corrected chi connectivity index (χ0v) is 11.9. The third-order valence-corrected chi connectivity index (χ3v) is 4.73. The first-order valence-electron chi connectivity index (χ1n) is 7.69. The van der Waals surface area contributed by atoms with Gasteiger partial charge in [0.25, 0.3) is 0 Å². The molecule has 1 unspecified atom stereocenters. The molecular weight excluding hydrogens is 254 g/mol. The van der Waals surface area contributed by atoms with Crippen molar-refractivity contribution in [3.63, 3.8) is 0 Å². The molecule has 3 rings (SSSR count). The van der Waals surface area contributed by atoms with Crippen LogP contribution in [0.2, 0.25) is 0 Å². The number of ether oxygens (including phenoxy) is 1. The van der Waals surface area contributed by atoms with Crippen LogP contribution in [0.4, 0.5) is 0 Å². The van der Waals surface area contributed by atoms with Gasteiger partial charge in [-0.25, -0.2) is 0 Å². The summed E-state index contributed by atoms with van der Waals surface area (Å²) < 4.78 is 11.6. The van der Waals surface area contributed by atoms with Crippen LogP contribution in [0, 0.1) is 5.92 Å². The molecule has 0 aromatic carbocycles. The van der Waals surface area contributed by atoms with Crippen molar-refractivity contribution in [2.75, 3.05) is 6.61 Å². The molecule has 1 aromatic heterocycles. The normalized spacial score (nSPS) is 25.8. The van der Waals surface area contributed by atoms with Gasteiger partial charge in [-0.1, -0.05) is 19.3 Å². The van der Waals surface area contributed by atoms with Crippen LogP contribution in [0.3, 0.4) is 0 Å². The van der Waals surface area contributed by atoms with Crippen LogP contribution in [0.15, 0.2) is 16.5 Å². The zero-order valence-electron chi connectivity index (χ0n) is 11.9. The van der Waals surface area contributed by atoms with Crippen LogP contribution < -0.4 is 5.73 Å². The Kier molecular flexibility index (Phi) is 3.94. The van der Waals surface area contributed by atoms with Gasteiger partial charge in [-0.3, -0.25) is 4.79 Å². The largest absolute Gasteiger partial charge is 0.457 e. The summed E-state index contributed by atoms with van der Waals surface area (Å²) >= 11 is 0. The summed E-state index contributed by atoms with van der Waals surface area (Å²) in [7, 11) is 0. The Bertz CT molecular complexity index is 468. The highest BCUT2D eigenvalue weighted by Crippen LogP contribution is 2.41. The number of hydrogen-bond donors (Lipinski definition) is 1. The number of hydrogen-bond acceptors (Lipinski definition) is 4. The van der Waals surface area contributed by atoms with Gasteiger partial charge in [0.05, 0.1) is 12.1 Å². The monoisotopic (exact) mass is 277 g/mol. The van der Waals surface area contributed by atoms with Crippen LogP contribution in [0.25, 0.3) is 0 Å². The highest BCUT2D eigenvalue weighted by atomic mass is 16.5. The summed E-state index contributed by atoms with van der Waals surface area (Å²) in [6.45, 7) is 1.03. The van der Waals surface area contributed by atoms with Gasteiger partial charge < -0.3 is 14.9 Å². The molecule has 1 saturated heterocycles. The molecule has 4 heteroatoms. The molecule has 1 saturated carbocycles. The van der Waals surface area contributed by atoms with E-state index in [-0.39, 0.29) is 17.3 Å². The van der Waals surface area contributed by atoms with Crippen molar-refractivity contribution in [2.24, 2.45) is 11.7 Å². The lowest BCUT2D eigenvalue weighted by Gasteiger charge is -2.43. The van der Waals surface area contributed by atoms with Gasteiger partial charge in [-0.05, 0) is 37.8 Å². The van der Waals surface area contributed by atoms with E-state index in [1.807, 2.05) is 0 Å². The van der Waals surface area contributed by atoms with Crippen molar-refractivity contribution >= 4 is 5.78 Å².